The summed E-state index contributed by atoms with van der Waals surface area (Å²) < 4.78 is 7.09. The van der Waals surface area contributed by atoms with Crippen molar-refractivity contribution in [1.82, 2.24) is 10.2 Å². The van der Waals surface area contributed by atoms with E-state index < -0.39 is 0 Å². The molecule has 2 aliphatic heterocycles. The van der Waals surface area contributed by atoms with Gasteiger partial charge >= 0.3 is 0 Å². The quantitative estimate of drug-likeness (QED) is 0.438. The normalized spacial score (nSPS) is 44.4. The number of piperidine rings is 1. The number of Topliss-reactive ketones (excluding diaryl/α,β-unsaturated/α-hetero) is 1. The first-order valence-corrected chi connectivity index (χ1v) is 16.0. The minimum atomic E-state index is 0.000922. The van der Waals surface area contributed by atoms with Gasteiger partial charge in [0.05, 0.1) is 11.7 Å². The van der Waals surface area contributed by atoms with E-state index in [9.17, 15) is 9.59 Å². The van der Waals surface area contributed by atoms with Crippen molar-refractivity contribution in [2.75, 3.05) is 19.6 Å². The van der Waals surface area contributed by atoms with Crippen molar-refractivity contribution in [2.24, 2.45) is 35.0 Å². The van der Waals surface area contributed by atoms with Crippen molar-refractivity contribution in [2.45, 2.75) is 130 Å². The van der Waals surface area contributed by atoms with Gasteiger partial charge in [-0.05, 0) is 99.7 Å². The fourth-order valence-electron chi connectivity index (χ4n) is 10.2. The van der Waals surface area contributed by atoms with Crippen molar-refractivity contribution in [3.63, 3.8) is 0 Å². The third-order valence-corrected chi connectivity index (χ3v) is 11.8. The van der Waals surface area contributed by atoms with Crippen LogP contribution in [0.2, 0.25) is 0 Å². The Morgan fingerprint density at radius 2 is 1.95 bits per heavy atom. The van der Waals surface area contributed by atoms with Gasteiger partial charge in [-0.3, -0.25) is 14.5 Å². The number of hydrogen-bond donors (Lipinski definition) is 1. The van der Waals surface area contributed by atoms with Crippen LogP contribution in [-0.4, -0.2) is 54.0 Å². The van der Waals surface area contributed by atoms with E-state index in [1.54, 1.807) is 18.1 Å². The van der Waals surface area contributed by atoms with Crippen LogP contribution in [0.4, 0.5) is 0 Å². The highest BCUT2D eigenvalue weighted by Crippen LogP contribution is 2.64. The largest absolute Gasteiger partial charge is 0.370 e. The van der Waals surface area contributed by atoms with Gasteiger partial charge in [0.1, 0.15) is 5.78 Å². The Kier molecular flexibility index (Phi) is 8.20. The highest BCUT2D eigenvalue weighted by Gasteiger charge is 2.58. The molecule has 5 fully saturated rings. The van der Waals surface area contributed by atoms with Crippen molar-refractivity contribution >= 4 is 11.7 Å². The molecule has 5 nitrogen and oxygen atoms in total. The summed E-state index contributed by atoms with van der Waals surface area (Å²) >= 11 is 0. The number of likely N-dealkylation sites (tertiary alicyclic amines) is 1. The van der Waals surface area contributed by atoms with Crippen molar-refractivity contribution in [3.8, 4) is 0 Å². The molecule has 214 valence electrons. The molecule has 5 heteroatoms. The first kappa shape index (κ1) is 28.3. The summed E-state index contributed by atoms with van der Waals surface area (Å²) in [6, 6.07) is 0.493. The van der Waals surface area contributed by atoms with Gasteiger partial charge in [-0.25, -0.2) is 0 Å². The fraction of sp³-hybridized carbons (Fsp3) is 0.879. The van der Waals surface area contributed by atoms with Crippen LogP contribution in [0, 0.1) is 35.0 Å². The van der Waals surface area contributed by atoms with E-state index in [-0.39, 0.29) is 11.5 Å². The number of carbonyl (C=O) groups is 2. The van der Waals surface area contributed by atoms with Gasteiger partial charge in [-0.15, -0.1) is 0 Å². The molecule has 0 aromatic carbocycles. The van der Waals surface area contributed by atoms with Gasteiger partial charge in [-0.2, -0.15) is 0 Å². The second-order valence-corrected chi connectivity index (χ2v) is 14.1. The summed E-state index contributed by atoms with van der Waals surface area (Å²) in [5.41, 5.74) is 3.79. The molecule has 1 spiro atoms. The van der Waals surface area contributed by atoms with Gasteiger partial charge in [-0.1, -0.05) is 38.8 Å². The lowest BCUT2D eigenvalue weighted by Gasteiger charge is -2.52. The Morgan fingerprint density at radius 3 is 2.71 bits per heavy atom. The summed E-state index contributed by atoms with van der Waals surface area (Å²) in [5.74, 6) is 4.19. The minimum absolute atomic E-state index is 0.000922. The first-order valence-electron chi connectivity index (χ1n) is 16.0. The van der Waals surface area contributed by atoms with Gasteiger partial charge in [0, 0.05) is 45.4 Å². The summed E-state index contributed by atoms with van der Waals surface area (Å²) in [7, 11) is 0. The first-order chi connectivity index (χ1) is 18.2. The highest BCUT2D eigenvalue weighted by molar-refractivity contribution is 5.79. The van der Waals surface area contributed by atoms with E-state index in [0.29, 0.717) is 35.2 Å². The number of hydrogen-bond acceptors (Lipinski definition) is 4. The zero-order valence-corrected chi connectivity index (χ0v) is 25.1. The number of ether oxygens (including phenoxy) is 1. The lowest BCUT2D eigenvalue weighted by Crippen LogP contribution is -2.50. The maximum Gasteiger partial charge on any atom is 0.216 e. The Bertz CT molecular complexity index is 945. The van der Waals surface area contributed by atoms with Gasteiger partial charge < -0.3 is 10.1 Å². The van der Waals surface area contributed by atoms with Gasteiger partial charge in [0.25, 0.3) is 0 Å². The molecule has 9 atom stereocenters. The number of nitrogens with one attached hydrogen (secondary N) is 1. The molecule has 9 unspecified atom stereocenters. The molecule has 0 aromatic rings. The number of nitrogens with zero attached hydrogens (tertiary/aromatic N) is 1. The fourth-order valence-corrected chi connectivity index (χ4v) is 10.2. The Hall–Kier alpha value is -1.20. The Morgan fingerprint density at radius 1 is 1.16 bits per heavy atom. The van der Waals surface area contributed by atoms with E-state index in [0.717, 1.165) is 69.5 Å². The molecule has 3 saturated carbocycles. The van der Waals surface area contributed by atoms with E-state index in [2.05, 4.69) is 31.0 Å². The monoisotopic (exact) mass is 526 g/mol. The van der Waals surface area contributed by atoms with Crippen molar-refractivity contribution < 1.29 is 14.3 Å². The predicted octanol–water partition coefficient (Wildman–Crippen LogP) is 6.31. The molecule has 1 N–H and O–H groups in total. The van der Waals surface area contributed by atoms with E-state index in [1.165, 1.54) is 38.5 Å². The Labute approximate surface area is 231 Å². The van der Waals surface area contributed by atoms with Gasteiger partial charge in [0.2, 0.25) is 5.91 Å². The molecule has 0 aromatic heterocycles. The van der Waals surface area contributed by atoms with Crippen LogP contribution in [0.3, 0.4) is 0 Å². The summed E-state index contributed by atoms with van der Waals surface area (Å²) in [6.07, 6.45) is 12.9. The predicted molar refractivity (Wildman–Crippen MR) is 153 cm³/mol. The van der Waals surface area contributed by atoms with Crippen LogP contribution >= 0.6 is 0 Å². The number of fused-ring (bicyclic) bond motifs is 6. The zero-order valence-electron chi connectivity index (χ0n) is 25.1. The number of ketones is 1. The molecular weight excluding hydrogens is 472 g/mol. The molecule has 2 saturated heterocycles. The molecule has 0 bridgehead atoms. The number of rotatable bonds is 3. The third kappa shape index (κ3) is 5.04. The lowest BCUT2D eigenvalue weighted by molar-refractivity contribution is -0.129. The molecule has 6 rings (SSSR count). The van der Waals surface area contributed by atoms with Crippen LogP contribution in [-0.2, 0) is 14.3 Å². The molecule has 1 amide bonds. The van der Waals surface area contributed by atoms with Crippen molar-refractivity contribution in [1.29, 1.82) is 0 Å². The average Bonchev–Trinajstić information content (AvgIpc) is 3.39. The van der Waals surface area contributed by atoms with Crippen molar-refractivity contribution in [3.05, 3.63) is 11.1 Å². The summed E-state index contributed by atoms with van der Waals surface area (Å²) in [6.45, 7) is 15.7. The lowest BCUT2D eigenvalue weighted by atomic mass is 9.52. The standard InChI is InChI=1S/C31H48N2O3.C2H6/c1-19-13-29-28(33(18-19)12-11-32-21(3)34)17-31(36-29)10-8-24-25-6-5-22-14-23(35)7-9-30(22,4)27(25)15-26(24)20(2)16-31;1-2/h19,22,24-25,27-29H,5-18H2,1-4H3,(H,32,34);1-2H3. The molecule has 2 heterocycles. The summed E-state index contributed by atoms with van der Waals surface area (Å²) in [4.78, 5) is 26.3. The maximum atomic E-state index is 12.2. The van der Waals surface area contributed by atoms with E-state index >= 15 is 0 Å². The van der Waals surface area contributed by atoms with Crippen LogP contribution in [0.1, 0.15) is 112 Å². The average molecular weight is 527 g/mol. The topological polar surface area (TPSA) is 58.6 Å². The molecular formula is C33H54N2O3. The highest BCUT2D eigenvalue weighted by atomic mass is 16.5. The second kappa shape index (κ2) is 11.0. The van der Waals surface area contributed by atoms with Crippen LogP contribution < -0.4 is 5.32 Å². The summed E-state index contributed by atoms with van der Waals surface area (Å²) in [5, 5.41) is 3.01. The number of carbonyl (C=O) groups excluding carboxylic acids is 2. The van der Waals surface area contributed by atoms with E-state index in [1.807, 2.05) is 13.8 Å². The molecule has 4 aliphatic carbocycles. The minimum Gasteiger partial charge on any atom is -0.370 e. The third-order valence-electron chi connectivity index (χ3n) is 11.8. The van der Waals surface area contributed by atoms with Crippen LogP contribution in [0.5, 0.6) is 0 Å². The maximum absolute atomic E-state index is 12.2. The zero-order chi connectivity index (χ0) is 27.2. The molecule has 38 heavy (non-hydrogen) atoms. The van der Waals surface area contributed by atoms with E-state index in [4.69, 9.17) is 4.74 Å². The smallest absolute Gasteiger partial charge is 0.216 e. The Balaban J connectivity index is 0.00000144. The van der Waals surface area contributed by atoms with Gasteiger partial charge in [0.15, 0.2) is 0 Å². The number of amides is 1. The molecule has 0 radical (unpaired) electrons. The van der Waals surface area contributed by atoms with Crippen LogP contribution in [0.25, 0.3) is 0 Å². The van der Waals surface area contributed by atoms with Crippen LogP contribution in [0.15, 0.2) is 11.1 Å². The second-order valence-electron chi connectivity index (χ2n) is 14.1. The molecule has 6 aliphatic rings. The number of allylic oxidation sites excluding steroid dienone is 1. The SMILES string of the molecule is CC.CC(=O)NCCN1CC(C)CC2OC3(CCC4C(=C(C)C3)CC3C4CCC4CC(=O)CCC43C)CC21.